The topological polar surface area (TPSA) is 51.1 Å². The number of aromatic nitrogens is 3. The summed E-state index contributed by atoms with van der Waals surface area (Å²) in [6.45, 7) is 1.48. The Morgan fingerprint density at radius 1 is 1.38 bits per heavy atom. The highest BCUT2D eigenvalue weighted by Gasteiger charge is 2.47. The molecule has 4 rings (SSSR count). The summed E-state index contributed by atoms with van der Waals surface area (Å²) in [5.74, 6) is -0.114. The van der Waals surface area contributed by atoms with E-state index in [0.717, 1.165) is 19.4 Å². The van der Waals surface area contributed by atoms with Crippen LogP contribution < -0.4 is 9.64 Å². The van der Waals surface area contributed by atoms with Gasteiger partial charge in [-0.2, -0.15) is 9.97 Å². The first-order valence-corrected chi connectivity index (χ1v) is 8.34. The first-order valence-electron chi connectivity index (χ1n) is 7.96. The van der Waals surface area contributed by atoms with Crippen LogP contribution in [0.3, 0.4) is 0 Å². The predicted octanol–water partition coefficient (Wildman–Crippen LogP) is 3.54. The van der Waals surface area contributed by atoms with Crippen LogP contribution in [-0.4, -0.2) is 41.3 Å². The lowest BCUT2D eigenvalue weighted by molar-refractivity contribution is 0.0132. The van der Waals surface area contributed by atoms with E-state index >= 15 is 0 Å². The van der Waals surface area contributed by atoms with Gasteiger partial charge in [-0.1, -0.05) is 11.6 Å². The first kappa shape index (κ1) is 15.7. The zero-order valence-corrected chi connectivity index (χ0v) is 14.0. The van der Waals surface area contributed by atoms with Crippen molar-refractivity contribution in [1.82, 2.24) is 15.0 Å². The van der Waals surface area contributed by atoms with Crippen LogP contribution in [0.2, 0.25) is 5.15 Å². The van der Waals surface area contributed by atoms with Gasteiger partial charge in [0.1, 0.15) is 17.5 Å². The molecule has 2 fully saturated rings. The van der Waals surface area contributed by atoms with E-state index < -0.39 is 12.0 Å². The van der Waals surface area contributed by atoms with E-state index in [1.54, 1.807) is 0 Å². The van der Waals surface area contributed by atoms with Gasteiger partial charge in [-0.15, -0.1) is 0 Å². The molecule has 1 saturated carbocycles. The largest absolute Gasteiger partial charge is 0.467 e. The van der Waals surface area contributed by atoms with Gasteiger partial charge in [0.2, 0.25) is 0 Å². The number of rotatable bonds is 2. The Labute approximate surface area is 143 Å². The summed E-state index contributed by atoms with van der Waals surface area (Å²) < 4.78 is 32.9. The van der Waals surface area contributed by atoms with E-state index in [9.17, 15) is 8.78 Å². The molecule has 0 unspecified atom stereocenters. The van der Waals surface area contributed by atoms with Crippen LogP contribution in [0.4, 0.5) is 14.6 Å². The van der Waals surface area contributed by atoms with Gasteiger partial charge in [0.15, 0.2) is 11.0 Å². The number of fused-ring (bicyclic) bond motifs is 1. The van der Waals surface area contributed by atoms with Crippen molar-refractivity contribution in [1.29, 1.82) is 0 Å². The van der Waals surface area contributed by atoms with Gasteiger partial charge in [-0.25, -0.2) is 13.8 Å². The van der Waals surface area contributed by atoms with Crippen LogP contribution in [-0.2, 0) is 0 Å². The number of anilines is 1. The van der Waals surface area contributed by atoms with Gasteiger partial charge < -0.3 is 9.64 Å². The number of halogens is 3. The average Bonchev–Trinajstić information content (AvgIpc) is 2.56. The Hall–Kier alpha value is -1.76. The van der Waals surface area contributed by atoms with Crippen LogP contribution in [0.1, 0.15) is 25.7 Å². The maximum Gasteiger partial charge on any atom is 0.318 e. The lowest BCUT2D eigenvalue weighted by Gasteiger charge is -2.50. The molecule has 0 aromatic carbocycles. The maximum atomic E-state index is 14.3. The highest BCUT2D eigenvalue weighted by molar-refractivity contribution is 6.30. The number of alkyl halides is 1. The quantitative estimate of drug-likeness (QED) is 0.772. The van der Waals surface area contributed by atoms with Crippen LogP contribution in [0, 0.1) is 11.2 Å². The van der Waals surface area contributed by atoms with Crippen molar-refractivity contribution < 1.29 is 13.5 Å². The van der Waals surface area contributed by atoms with E-state index in [4.69, 9.17) is 16.3 Å². The fourth-order valence-corrected chi connectivity index (χ4v) is 4.07. The molecule has 0 radical (unpaired) electrons. The standard InChI is InChI=1S/C16H17ClF2N4O/c1-24-15-21-12-10(7-20-13(17)11(12)19)14(22-15)23-4-2-3-16(8-23)5-9(18)6-16/h7,9H,2-6,8H2,1H3. The Balaban J connectivity index is 1.79. The molecule has 0 N–H and O–H groups in total. The Morgan fingerprint density at radius 2 is 2.17 bits per heavy atom. The molecule has 0 amide bonds. The van der Waals surface area contributed by atoms with Crippen molar-refractivity contribution in [2.75, 3.05) is 25.1 Å². The Bertz CT molecular complexity index is 792. The van der Waals surface area contributed by atoms with Gasteiger partial charge >= 0.3 is 6.01 Å². The normalized spacial score (nSPS) is 26.7. The minimum atomic E-state index is -0.709. The maximum absolute atomic E-state index is 14.3. The Morgan fingerprint density at radius 3 is 2.88 bits per heavy atom. The molecule has 24 heavy (non-hydrogen) atoms. The zero-order chi connectivity index (χ0) is 16.9. The lowest BCUT2D eigenvalue weighted by Crippen LogP contribution is -2.51. The number of pyridine rings is 1. The molecule has 1 aliphatic carbocycles. The summed E-state index contributed by atoms with van der Waals surface area (Å²) in [7, 11) is 1.43. The second-order valence-electron chi connectivity index (χ2n) is 6.69. The number of ether oxygens (including phenoxy) is 1. The van der Waals surface area contributed by atoms with E-state index in [0.29, 0.717) is 30.6 Å². The fraction of sp³-hybridized carbons (Fsp3) is 0.562. The smallest absolute Gasteiger partial charge is 0.318 e. The fourth-order valence-electron chi connectivity index (χ4n) is 3.93. The first-order chi connectivity index (χ1) is 11.5. The van der Waals surface area contributed by atoms with Crippen molar-refractivity contribution in [2.24, 2.45) is 5.41 Å². The van der Waals surface area contributed by atoms with Gasteiger partial charge in [0.05, 0.1) is 12.5 Å². The van der Waals surface area contributed by atoms with Crippen LogP contribution >= 0.6 is 11.6 Å². The van der Waals surface area contributed by atoms with Crippen molar-refractivity contribution >= 4 is 28.3 Å². The summed E-state index contributed by atoms with van der Waals surface area (Å²) in [6, 6.07) is 0.0790. The lowest BCUT2D eigenvalue weighted by atomic mass is 9.63. The molecule has 0 bridgehead atoms. The van der Waals surface area contributed by atoms with E-state index in [-0.39, 0.29) is 22.1 Å². The summed E-state index contributed by atoms with van der Waals surface area (Å²) in [6.07, 6.45) is 3.91. The highest BCUT2D eigenvalue weighted by Crippen LogP contribution is 2.50. The molecule has 1 spiro atoms. The second kappa shape index (κ2) is 5.65. The number of piperidine rings is 1. The van der Waals surface area contributed by atoms with Gasteiger partial charge in [-0.05, 0) is 31.1 Å². The second-order valence-corrected chi connectivity index (χ2v) is 7.05. The van der Waals surface area contributed by atoms with Crippen molar-refractivity contribution in [2.45, 2.75) is 31.9 Å². The van der Waals surface area contributed by atoms with E-state index in [1.807, 2.05) is 0 Å². The molecule has 128 valence electrons. The van der Waals surface area contributed by atoms with Gasteiger partial charge in [0.25, 0.3) is 0 Å². The van der Waals surface area contributed by atoms with Crippen LogP contribution in [0.15, 0.2) is 6.20 Å². The minimum Gasteiger partial charge on any atom is -0.467 e. The third-order valence-corrected chi connectivity index (χ3v) is 5.32. The van der Waals surface area contributed by atoms with Crippen LogP contribution in [0.25, 0.3) is 10.9 Å². The van der Waals surface area contributed by atoms with Gasteiger partial charge in [0, 0.05) is 19.3 Å². The van der Waals surface area contributed by atoms with E-state index in [2.05, 4.69) is 19.9 Å². The number of methoxy groups -OCH3 is 1. The summed E-state index contributed by atoms with van der Waals surface area (Å²) in [5, 5.41) is 0.259. The average molecular weight is 355 g/mol. The molecule has 2 aromatic rings. The molecule has 2 aromatic heterocycles. The molecule has 2 aliphatic rings. The third-order valence-electron chi connectivity index (χ3n) is 5.05. The number of hydrogen-bond donors (Lipinski definition) is 0. The Kier molecular flexibility index (Phi) is 3.71. The summed E-state index contributed by atoms with van der Waals surface area (Å²) in [4.78, 5) is 14.4. The number of hydrogen-bond acceptors (Lipinski definition) is 5. The molecular formula is C16H17ClF2N4O. The molecule has 1 aliphatic heterocycles. The monoisotopic (exact) mass is 354 g/mol. The van der Waals surface area contributed by atoms with Crippen molar-refractivity contribution in [3.05, 3.63) is 17.2 Å². The van der Waals surface area contributed by atoms with E-state index in [1.165, 1.54) is 13.3 Å². The molecule has 5 nitrogen and oxygen atoms in total. The third kappa shape index (κ3) is 2.46. The molecular weight excluding hydrogens is 338 g/mol. The molecule has 1 saturated heterocycles. The van der Waals surface area contributed by atoms with Crippen molar-refractivity contribution in [3.63, 3.8) is 0 Å². The molecule has 0 atom stereocenters. The highest BCUT2D eigenvalue weighted by atomic mass is 35.5. The SMILES string of the molecule is COc1nc(N2CCCC3(CC(F)C3)C2)c2cnc(Cl)c(F)c2n1. The number of nitrogens with zero attached hydrogens (tertiary/aromatic N) is 4. The summed E-state index contributed by atoms with van der Waals surface area (Å²) in [5.41, 5.74) is 0.0917. The predicted molar refractivity (Wildman–Crippen MR) is 86.9 cm³/mol. The van der Waals surface area contributed by atoms with Crippen LogP contribution in [0.5, 0.6) is 6.01 Å². The molecule has 3 heterocycles. The van der Waals surface area contributed by atoms with Gasteiger partial charge in [-0.3, -0.25) is 0 Å². The van der Waals surface area contributed by atoms with Crippen molar-refractivity contribution in [3.8, 4) is 6.01 Å². The molecule has 8 heteroatoms. The zero-order valence-electron chi connectivity index (χ0n) is 13.2. The minimum absolute atomic E-state index is 0.000569. The summed E-state index contributed by atoms with van der Waals surface area (Å²) >= 11 is 5.77.